The van der Waals surface area contributed by atoms with Crippen LogP contribution in [0.2, 0.25) is 0 Å². The Balaban J connectivity index is 1.75. The Morgan fingerprint density at radius 1 is 1.27 bits per heavy atom. The zero-order valence-electron chi connectivity index (χ0n) is 15.2. The van der Waals surface area contributed by atoms with Crippen molar-refractivity contribution in [2.45, 2.75) is 81.3 Å². The molecule has 0 aromatic carbocycles. The Labute approximate surface area is 151 Å². The normalized spacial score (nSPS) is 49.2. The van der Waals surface area contributed by atoms with Gasteiger partial charge in [0.15, 0.2) is 11.7 Å². The monoisotopic (exact) mass is 364 g/mol. The summed E-state index contributed by atoms with van der Waals surface area (Å²) in [5, 5.41) is 11.5. The number of esters is 2. The molecule has 3 heterocycles. The molecule has 142 valence electrons. The molecule has 26 heavy (non-hydrogen) atoms. The van der Waals surface area contributed by atoms with Crippen LogP contribution in [0, 0.1) is 0 Å². The zero-order valence-corrected chi connectivity index (χ0v) is 15.2. The first-order chi connectivity index (χ1) is 12.0. The number of carbonyl (C=O) groups is 2. The van der Waals surface area contributed by atoms with E-state index in [-0.39, 0.29) is 23.7 Å². The molecule has 0 amide bonds. The Morgan fingerprint density at radius 3 is 2.62 bits per heavy atom. The molecular weight excluding hydrogens is 340 g/mol. The fourth-order valence-corrected chi connectivity index (χ4v) is 4.26. The highest BCUT2D eigenvalue weighted by molar-refractivity contribution is 5.94. The second-order valence-electron chi connectivity index (χ2n) is 8.32. The molecule has 4 rings (SSSR count). The van der Waals surface area contributed by atoms with Crippen LogP contribution in [0.15, 0.2) is 24.3 Å². The first-order valence-corrected chi connectivity index (χ1v) is 8.86. The highest BCUT2D eigenvalue weighted by Crippen LogP contribution is 2.56. The van der Waals surface area contributed by atoms with Crippen LogP contribution >= 0.6 is 0 Å². The van der Waals surface area contributed by atoms with Crippen LogP contribution in [0.1, 0.15) is 40.0 Å². The molecule has 0 aromatic rings. The van der Waals surface area contributed by atoms with Gasteiger partial charge in [-0.05, 0) is 33.6 Å². The van der Waals surface area contributed by atoms with E-state index in [1.807, 2.05) is 13.8 Å². The van der Waals surface area contributed by atoms with E-state index >= 15 is 0 Å². The predicted molar refractivity (Wildman–Crippen MR) is 89.1 cm³/mol. The van der Waals surface area contributed by atoms with Crippen molar-refractivity contribution in [3.8, 4) is 0 Å². The summed E-state index contributed by atoms with van der Waals surface area (Å²) >= 11 is 0. The number of ether oxygens (including phenoxy) is 4. The van der Waals surface area contributed by atoms with E-state index in [0.29, 0.717) is 0 Å². The van der Waals surface area contributed by atoms with E-state index in [1.54, 1.807) is 0 Å². The second kappa shape index (κ2) is 5.18. The molecule has 1 N–H and O–H groups in total. The lowest BCUT2D eigenvalue weighted by atomic mass is 9.76. The van der Waals surface area contributed by atoms with Crippen molar-refractivity contribution in [2.75, 3.05) is 0 Å². The molecule has 3 saturated heterocycles. The summed E-state index contributed by atoms with van der Waals surface area (Å²) < 4.78 is 22.6. The van der Waals surface area contributed by atoms with Crippen LogP contribution in [0.25, 0.3) is 0 Å². The molecule has 7 heteroatoms. The molecule has 0 spiro atoms. The van der Waals surface area contributed by atoms with Crippen molar-refractivity contribution in [2.24, 2.45) is 0 Å². The summed E-state index contributed by atoms with van der Waals surface area (Å²) in [7, 11) is 0. The van der Waals surface area contributed by atoms with Gasteiger partial charge in [0.2, 0.25) is 0 Å². The van der Waals surface area contributed by atoms with Gasteiger partial charge in [-0.25, -0.2) is 9.59 Å². The third-order valence-electron chi connectivity index (χ3n) is 6.23. The summed E-state index contributed by atoms with van der Waals surface area (Å²) in [6, 6.07) is 0. The van der Waals surface area contributed by atoms with Gasteiger partial charge in [-0.2, -0.15) is 0 Å². The SMILES string of the molecule is C=C(C)C(=O)OC1CC2(C)OC2CCC2(C)OC2C2OC(=O)C(=C)C12O. The standard InChI is InChI=1S/C19H24O7/c1-9(2)15(20)23-12-8-18(5)11(25-18)6-7-17(4)13(26-17)14-19(12,22)10(3)16(21)24-14/h11-14,22H,1,3,6-8H2,2,4-5H3. The number of carbonyl (C=O) groups excluding carboxylic acids is 2. The van der Waals surface area contributed by atoms with E-state index < -0.39 is 47.1 Å². The Hall–Kier alpha value is -1.70. The van der Waals surface area contributed by atoms with Crippen LogP contribution in [0.3, 0.4) is 0 Å². The zero-order chi connectivity index (χ0) is 19.1. The summed E-state index contributed by atoms with van der Waals surface area (Å²) in [5.74, 6) is -1.35. The van der Waals surface area contributed by atoms with Crippen molar-refractivity contribution in [1.82, 2.24) is 0 Å². The summed E-state index contributed by atoms with van der Waals surface area (Å²) in [6.07, 6.45) is -0.795. The molecule has 7 unspecified atom stereocenters. The second-order valence-corrected chi connectivity index (χ2v) is 8.32. The lowest BCUT2D eigenvalue weighted by Crippen LogP contribution is -2.56. The molecule has 0 radical (unpaired) electrons. The molecule has 3 aliphatic heterocycles. The molecule has 4 aliphatic rings. The maximum Gasteiger partial charge on any atom is 0.337 e. The molecule has 4 fully saturated rings. The van der Waals surface area contributed by atoms with Gasteiger partial charge in [0.25, 0.3) is 0 Å². The lowest BCUT2D eigenvalue weighted by molar-refractivity contribution is -0.169. The molecule has 0 bridgehead atoms. The quantitative estimate of drug-likeness (QED) is 0.446. The topological polar surface area (TPSA) is 97.9 Å². The minimum absolute atomic E-state index is 0.0124. The maximum absolute atomic E-state index is 12.2. The fourth-order valence-electron chi connectivity index (χ4n) is 4.26. The van der Waals surface area contributed by atoms with Gasteiger partial charge < -0.3 is 24.1 Å². The van der Waals surface area contributed by atoms with Gasteiger partial charge in [-0.1, -0.05) is 13.2 Å². The fraction of sp³-hybridized carbons (Fsp3) is 0.684. The average Bonchev–Trinajstić information content (AvgIpc) is 3.40. The Bertz CT molecular complexity index is 729. The first-order valence-electron chi connectivity index (χ1n) is 8.86. The third kappa shape index (κ3) is 2.37. The van der Waals surface area contributed by atoms with E-state index in [4.69, 9.17) is 18.9 Å². The van der Waals surface area contributed by atoms with E-state index in [2.05, 4.69) is 13.2 Å². The van der Waals surface area contributed by atoms with Crippen LogP contribution in [-0.4, -0.2) is 58.3 Å². The number of rotatable bonds is 2. The molecule has 0 aromatic heterocycles. The van der Waals surface area contributed by atoms with E-state index in [0.717, 1.165) is 12.8 Å². The molecule has 7 nitrogen and oxygen atoms in total. The predicted octanol–water partition coefficient (Wildman–Crippen LogP) is 1.19. The number of aliphatic hydroxyl groups is 1. The number of hydrogen-bond donors (Lipinski definition) is 1. The number of hydrogen-bond acceptors (Lipinski definition) is 7. The highest BCUT2D eigenvalue weighted by atomic mass is 16.7. The van der Waals surface area contributed by atoms with Gasteiger partial charge >= 0.3 is 11.9 Å². The van der Waals surface area contributed by atoms with Gasteiger partial charge in [0, 0.05) is 12.0 Å². The lowest BCUT2D eigenvalue weighted by Gasteiger charge is -2.36. The Kier molecular flexibility index (Phi) is 3.53. The van der Waals surface area contributed by atoms with Crippen molar-refractivity contribution in [1.29, 1.82) is 0 Å². The number of fused-ring (bicyclic) bond motifs is 4. The van der Waals surface area contributed by atoms with Crippen molar-refractivity contribution in [3.63, 3.8) is 0 Å². The van der Waals surface area contributed by atoms with Crippen LogP contribution in [-0.2, 0) is 28.5 Å². The van der Waals surface area contributed by atoms with Gasteiger partial charge in [-0.3, -0.25) is 0 Å². The molecule has 1 aliphatic carbocycles. The maximum atomic E-state index is 12.2. The van der Waals surface area contributed by atoms with Crippen molar-refractivity contribution >= 4 is 11.9 Å². The average molecular weight is 364 g/mol. The van der Waals surface area contributed by atoms with Gasteiger partial charge in [-0.15, -0.1) is 0 Å². The minimum Gasteiger partial charge on any atom is -0.455 e. The van der Waals surface area contributed by atoms with Crippen molar-refractivity contribution in [3.05, 3.63) is 24.3 Å². The smallest absolute Gasteiger partial charge is 0.337 e. The highest BCUT2D eigenvalue weighted by Gasteiger charge is 2.72. The summed E-state index contributed by atoms with van der Waals surface area (Å²) in [4.78, 5) is 24.4. The summed E-state index contributed by atoms with van der Waals surface area (Å²) in [5.41, 5.74) is -2.87. The van der Waals surface area contributed by atoms with Crippen molar-refractivity contribution < 1.29 is 33.6 Å². The third-order valence-corrected chi connectivity index (χ3v) is 6.23. The number of epoxide rings is 2. The van der Waals surface area contributed by atoms with E-state index in [1.165, 1.54) is 6.92 Å². The molecule has 1 saturated carbocycles. The van der Waals surface area contributed by atoms with E-state index in [9.17, 15) is 14.7 Å². The molecule has 7 atom stereocenters. The van der Waals surface area contributed by atoms with Gasteiger partial charge in [0.1, 0.15) is 12.2 Å². The largest absolute Gasteiger partial charge is 0.455 e. The minimum atomic E-state index is -1.87. The van der Waals surface area contributed by atoms with Crippen LogP contribution in [0.4, 0.5) is 0 Å². The summed E-state index contributed by atoms with van der Waals surface area (Å²) in [6.45, 7) is 12.7. The Morgan fingerprint density at radius 2 is 1.96 bits per heavy atom. The van der Waals surface area contributed by atoms with Gasteiger partial charge in [0.05, 0.1) is 22.9 Å². The van der Waals surface area contributed by atoms with Crippen LogP contribution in [0.5, 0.6) is 0 Å². The molecular formula is C19H24O7. The first kappa shape index (κ1) is 17.7. The van der Waals surface area contributed by atoms with Crippen LogP contribution < -0.4 is 0 Å².